The number of nitrogens with one attached hydrogen (secondary N) is 2. The summed E-state index contributed by atoms with van der Waals surface area (Å²) in [6, 6.07) is 6.81. The molecular formula is C18H17FN4O4S. The minimum Gasteiger partial charge on any atom is -0.451 e. The van der Waals surface area contributed by atoms with E-state index in [1.54, 1.807) is 36.7 Å². The van der Waals surface area contributed by atoms with Gasteiger partial charge >= 0.3 is 12.0 Å². The summed E-state index contributed by atoms with van der Waals surface area (Å²) in [5.74, 6) is -1.77. The van der Waals surface area contributed by atoms with Crippen molar-refractivity contribution in [2.75, 3.05) is 13.2 Å². The normalized spacial score (nSPS) is 10.7. The molecule has 0 aliphatic heterocycles. The molecule has 0 saturated carbocycles. The van der Waals surface area contributed by atoms with Crippen molar-refractivity contribution >= 4 is 39.5 Å². The monoisotopic (exact) mass is 404 g/mol. The maximum absolute atomic E-state index is 13.2. The van der Waals surface area contributed by atoms with Crippen molar-refractivity contribution in [3.05, 3.63) is 46.7 Å². The lowest BCUT2D eigenvalue weighted by molar-refractivity contribution is -0.123. The summed E-state index contributed by atoms with van der Waals surface area (Å²) in [6.07, 6.45) is 0. The number of aryl methyl sites for hydroxylation is 1. The lowest BCUT2D eigenvalue weighted by Gasteiger charge is -2.05. The van der Waals surface area contributed by atoms with Crippen LogP contribution < -0.4 is 10.6 Å². The van der Waals surface area contributed by atoms with Crippen LogP contribution in [0.4, 0.5) is 9.18 Å². The van der Waals surface area contributed by atoms with Crippen LogP contribution in [0, 0.1) is 12.7 Å². The van der Waals surface area contributed by atoms with Crippen molar-refractivity contribution in [2.24, 2.45) is 0 Å². The van der Waals surface area contributed by atoms with E-state index in [0.717, 1.165) is 16.7 Å². The summed E-state index contributed by atoms with van der Waals surface area (Å²) < 4.78 is 19.7. The van der Waals surface area contributed by atoms with Gasteiger partial charge in [-0.3, -0.25) is 10.1 Å². The maximum Gasteiger partial charge on any atom is 0.348 e. The van der Waals surface area contributed by atoms with Gasteiger partial charge in [0.2, 0.25) is 0 Å². The van der Waals surface area contributed by atoms with Crippen molar-refractivity contribution in [1.29, 1.82) is 0 Å². The zero-order valence-electron chi connectivity index (χ0n) is 15.1. The van der Waals surface area contributed by atoms with Crippen LogP contribution in [0.15, 0.2) is 30.3 Å². The standard InChI is InChI=1S/C18H17FN4O4S/c1-3-20-18(26)21-15(24)9-27-17(25)14-8-13-10(2)22-23(16(13)28-14)12-6-4-11(19)5-7-12/h4-8H,3,9H2,1-2H3,(H2,20,21,24,26). The van der Waals surface area contributed by atoms with Gasteiger partial charge in [0.1, 0.15) is 15.5 Å². The number of hydrogen-bond acceptors (Lipinski definition) is 6. The Labute approximate surface area is 163 Å². The molecule has 0 aliphatic rings. The van der Waals surface area contributed by atoms with Crippen molar-refractivity contribution in [3.8, 4) is 5.69 Å². The van der Waals surface area contributed by atoms with Gasteiger partial charge in [-0.1, -0.05) is 0 Å². The Bertz CT molecular complexity index is 1040. The predicted octanol–water partition coefficient (Wildman–Crippen LogP) is 2.54. The highest BCUT2D eigenvalue weighted by molar-refractivity contribution is 7.20. The summed E-state index contributed by atoms with van der Waals surface area (Å²) in [6.45, 7) is 3.29. The van der Waals surface area contributed by atoms with E-state index in [4.69, 9.17) is 4.74 Å². The average Bonchev–Trinajstić information content (AvgIpc) is 3.21. The second-order valence-corrected chi connectivity index (χ2v) is 6.82. The molecule has 10 heteroatoms. The first-order chi connectivity index (χ1) is 13.4. The van der Waals surface area contributed by atoms with E-state index in [1.165, 1.54) is 12.1 Å². The molecule has 2 aromatic heterocycles. The highest BCUT2D eigenvalue weighted by Gasteiger charge is 2.19. The summed E-state index contributed by atoms with van der Waals surface area (Å²) in [4.78, 5) is 36.1. The predicted molar refractivity (Wildman–Crippen MR) is 101 cm³/mol. The maximum atomic E-state index is 13.2. The number of urea groups is 1. The van der Waals surface area contributed by atoms with Gasteiger partial charge in [0.15, 0.2) is 6.61 Å². The molecule has 8 nitrogen and oxygen atoms in total. The summed E-state index contributed by atoms with van der Waals surface area (Å²) in [5.41, 5.74) is 1.35. The van der Waals surface area contributed by atoms with Gasteiger partial charge in [0.25, 0.3) is 5.91 Å². The minimum atomic E-state index is -0.728. The number of thiophene rings is 1. The Morgan fingerprint density at radius 2 is 1.96 bits per heavy atom. The van der Waals surface area contributed by atoms with E-state index in [2.05, 4.69) is 10.4 Å². The number of ether oxygens (including phenoxy) is 1. The van der Waals surface area contributed by atoms with E-state index in [0.29, 0.717) is 22.8 Å². The molecule has 2 N–H and O–H groups in total. The van der Waals surface area contributed by atoms with E-state index in [-0.39, 0.29) is 10.7 Å². The van der Waals surface area contributed by atoms with E-state index < -0.39 is 24.5 Å². The Hall–Kier alpha value is -3.27. The summed E-state index contributed by atoms with van der Waals surface area (Å²) in [5, 5.41) is 9.62. The number of hydrogen-bond donors (Lipinski definition) is 2. The lowest BCUT2D eigenvalue weighted by Crippen LogP contribution is -2.41. The van der Waals surface area contributed by atoms with Crippen LogP contribution in [0.5, 0.6) is 0 Å². The quantitative estimate of drug-likeness (QED) is 0.636. The average molecular weight is 404 g/mol. The van der Waals surface area contributed by atoms with Crippen LogP contribution in [0.1, 0.15) is 22.3 Å². The highest BCUT2D eigenvalue weighted by Crippen LogP contribution is 2.30. The molecule has 0 aliphatic carbocycles. The van der Waals surface area contributed by atoms with Gasteiger partial charge in [-0.2, -0.15) is 5.10 Å². The van der Waals surface area contributed by atoms with Gasteiger partial charge in [-0.15, -0.1) is 11.3 Å². The number of carbonyl (C=O) groups excluding carboxylic acids is 3. The molecule has 0 unspecified atom stereocenters. The Kier molecular flexibility index (Phi) is 5.69. The molecule has 3 rings (SSSR count). The number of fused-ring (bicyclic) bond motifs is 1. The lowest BCUT2D eigenvalue weighted by atomic mass is 10.3. The topological polar surface area (TPSA) is 102 Å². The first kappa shape index (κ1) is 19.5. The van der Waals surface area contributed by atoms with Crippen LogP contribution in [0.3, 0.4) is 0 Å². The van der Waals surface area contributed by atoms with Crippen LogP contribution in [0.25, 0.3) is 15.9 Å². The summed E-state index contributed by atoms with van der Waals surface area (Å²) in [7, 11) is 0. The van der Waals surface area contributed by atoms with Crippen LogP contribution >= 0.6 is 11.3 Å². The van der Waals surface area contributed by atoms with Crippen molar-refractivity contribution in [2.45, 2.75) is 13.8 Å². The van der Waals surface area contributed by atoms with Gasteiger partial charge in [-0.25, -0.2) is 18.7 Å². The highest BCUT2D eigenvalue weighted by atomic mass is 32.1. The SMILES string of the molecule is CCNC(=O)NC(=O)COC(=O)c1cc2c(C)nn(-c3ccc(F)cc3)c2s1. The van der Waals surface area contributed by atoms with E-state index in [9.17, 15) is 18.8 Å². The number of carbonyl (C=O) groups is 3. The molecule has 0 fully saturated rings. The molecule has 146 valence electrons. The molecular weight excluding hydrogens is 387 g/mol. The van der Waals surface area contributed by atoms with Crippen LogP contribution in [0.2, 0.25) is 0 Å². The number of rotatable bonds is 5. The fourth-order valence-corrected chi connectivity index (χ4v) is 3.55. The molecule has 0 radical (unpaired) electrons. The number of nitrogens with zero attached hydrogens (tertiary/aromatic N) is 2. The molecule has 0 atom stereocenters. The van der Waals surface area contributed by atoms with Crippen molar-refractivity contribution in [1.82, 2.24) is 20.4 Å². The number of aromatic nitrogens is 2. The number of amides is 3. The zero-order valence-corrected chi connectivity index (χ0v) is 15.9. The molecule has 3 amide bonds. The Morgan fingerprint density at radius 3 is 2.64 bits per heavy atom. The zero-order chi connectivity index (χ0) is 20.3. The van der Waals surface area contributed by atoms with Gasteiger partial charge in [-0.05, 0) is 44.2 Å². The third kappa shape index (κ3) is 4.17. The Balaban J connectivity index is 1.74. The van der Waals surface area contributed by atoms with Crippen LogP contribution in [-0.2, 0) is 9.53 Å². The minimum absolute atomic E-state index is 0.289. The van der Waals surface area contributed by atoms with Crippen LogP contribution in [-0.4, -0.2) is 40.8 Å². The van der Waals surface area contributed by atoms with Gasteiger partial charge in [0, 0.05) is 11.9 Å². The number of benzene rings is 1. The van der Waals surface area contributed by atoms with Crippen molar-refractivity contribution < 1.29 is 23.5 Å². The third-order valence-corrected chi connectivity index (χ3v) is 4.83. The molecule has 0 spiro atoms. The molecule has 1 aromatic carbocycles. The fourth-order valence-electron chi connectivity index (χ4n) is 2.47. The van der Waals surface area contributed by atoms with E-state index >= 15 is 0 Å². The molecule has 28 heavy (non-hydrogen) atoms. The number of imide groups is 1. The second kappa shape index (κ2) is 8.17. The van der Waals surface area contributed by atoms with Gasteiger partial charge in [0.05, 0.1) is 11.4 Å². The molecule has 0 bridgehead atoms. The molecule has 2 heterocycles. The molecule has 3 aromatic rings. The largest absolute Gasteiger partial charge is 0.451 e. The fraction of sp³-hybridized carbons (Fsp3) is 0.222. The van der Waals surface area contributed by atoms with E-state index in [1.807, 2.05) is 5.32 Å². The summed E-state index contributed by atoms with van der Waals surface area (Å²) >= 11 is 1.15. The third-order valence-electron chi connectivity index (χ3n) is 3.74. The second-order valence-electron chi connectivity index (χ2n) is 5.79. The first-order valence-corrected chi connectivity index (χ1v) is 9.20. The number of esters is 1. The number of halogens is 1. The molecule has 0 saturated heterocycles. The van der Waals surface area contributed by atoms with Gasteiger partial charge < -0.3 is 10.1 Å². The van der Waals surface area contributed by atoms with Crippen molar-refractivity contribution in [3.63, 3.8) is 0 Å². The smallest absolute Gasteiger partial charge is 0.348 e. The Morgan fingerprint density at radius 1 is 1.25 bits per heavy atom. The first-order valence-electron chi connectivity index (χ1n) is 8.39.